The molecule has 1 aliphatic heterocycles. The second kappa shape index (κ2) is 6.08. The van der Waals surface area contributed by atoms with E-state index in [1.807, 2.05) is 17.9 Å². The van der Waals surface area contributed by atoms with Gasteiger partial charge in [0.05, 0.1) is 6.20 Å². The smallest absolute Gasteiger partial charge is 0.224 e. The van der Waals surface area contributed by atoms with Gasteiger partial charge in [0.1, 0.15) is 0 Å². The van der Waals surface area contributed by atoms with Crippen molar-refractivity contribution < 1.29 is 4.39 Å². The summed E-state index contributed by atoms with van der Waals surface area (Å²) in [5.74, 6) is 0.500. The Kier molecular flexibility index (Phi) is 3.99. The van der Waals surface area contributed by atoms with Crippen LogP contribution >= 0.6 is 0 Å². The van der Waals surface area contributed by atoms with Gasteiger partial charge in [-0.1, -0.05) is 24.3 Å². The van der Waals surface area contributed by atoms with Crippen LogP contribution in [0, 0.1) is 5.82 Å². The Labute approximate surface area is 124 Å². The SMILES string of the molecule is CCNc1ncc(F)c(N2CCCc3ccccc3C2)n1. The molecule has 3 rings (SSSR count). The number of nitrogens with one attached hydrogen (secondary N) is 1. The predicted molar refractivity (Wildman–Crippen MR) is 82.0 cm³/mol. The van der Waals surface area contributed by atoms with Crippen molar-refractivity contribution in [1.29, 1.82) is 0 Å². The van der Waals surface area contributed by atoms with Gasteiger partial charge in [0.15, 0.2) is 11.6 Å². The van der Waals surface area contributed by atoms with Gasteiger partial charge < -0.3 is 10.2 Å². The summed E-state index contributed by atoms with van der Waals surface area (Å²) in [5, 5.41) is 3.03. The van der Waals surface area contributed by atoms with E-state index >= 15 is 0 Å². The van der Waals surface area contributed by atoms with Crippen molar-refractivity contribution in [3.8, 4) is 0 Å². The number of aryl methyl sites for hydroxylation is 1. The summed E-state index contributed by atoms with van der Waals surface area (Å²) >= 11 is 0. The van der Waals surface area contributed by atoms with Gasteiger partial charge in [0.2, 0.25) is 5.95 Å². The topological polar surface area (TPSA) is 41.1 Å². The number of aromatic nitrogens is 2. The van der Waals surface area contributed by atoms with Gasteiger partial charge in [-0.05, 0) is 30.9 Å². The van der Waals surface area contributed by atoms with Crippen LogP contribution in [-0.2, 0) is 13.0 Å². The van der Waals surface area contributed by atoms with E-state index < -0.39 is 0 Å². The van der Waals surface area contributed by atoms with E-state index in [0.29, 0.717) is 24.9 Å². The van der Waals surface area contributed by atoms with Gasteiger partial charge in [0, 0.05) is 19.6 Å². The maximum Gasteiger partial charge on any atom is 0.224 e. The fraction of sp³-hybridized carbons (Fsp3) is 0.375. The molecule has 1 aromatic carbocycles. The highest BCUT2D eigenvalue weighted by Crippen LogP contribution is 2.24. The second-order valence-electron chi connectivity index (χ2n) is 5.19. The maximum atomic E-state index is 14.1. The van der Waals surface area contributed by atoms with Crippen molar-refractivity contribution in [3.63, 3.8) is 0 Å². The summed E-state index contributed by atoms with van der Waals surface area (Å²) in [6.07, 6.45) is 3.27. The Bertz CT molecular complexity index is 629. The molecule has 4 nitrogen and oxygen atoms in total. The standard InChI is InChI=1S/C16H19FN4/c1-2-18-16-19-10-14(17)15(20-16)21-9-5-8-12-6-3-4-7-13(12)11-21/h3-4,6-7,10H,2,5,8-9,11H2,1H3,(H,18,19,20). The number of rotatable bonds is 3. The Balaban J connectivity index is 1.91. The lowest BCUT2D eigenvalue weighted by Crippen LogP contribution is -2.25. The van der Waals surface area contributed by atoms with Crippen molar-refractivity contribution in [3.05, 3.63) is 47.4 Å². The summed E-state index contributed by atoms with van der Waals surface area (Å²) in [6, 6.07) is 8.35. The van der Waals surface area contributed by atoms with E-state index in [-0.39, 0.29) is 5.82 Å². The minimum atomic E-state index is -0.365. The van der Waals surface area contributed by atoms with Crippen LogP contribution in [-0.4, -0.2) is 23.1 Å². The van der Waals surface area contributed by atoms with Gasteiger partial charge in [-0.2, -0.15) is 4.98 Å². The molecule has 5 heteroatoms. The summed E-state index contributed by atoms with van der Waals surface area (Å²) in [7, 11) is 0. The highest BCUT2D eigenvalue weighted by Gasteiger charge is 2.19. The number of hydrogen-bond donors (Lipinski definition) is 1. The highest BCUT2D eigenvalue weighted by atomic mass is 19.1. The normalized spacial score (nSPS) is 14.5. The number of fused-ring (bicyclic) bond motifs is 1. The lowest BCUT2D eigenvalue weighted by atomic mass is 10.0. The Morgan fingerprint density at radius 3 is 2.90 bits per heavy atom. The van der Waals surface area contributed by atoms with Gasteiger partial charge in [-0.25, -0.2) is 9.37 Å². The molecule has 0 saturated carbocycles. The first-order chi connectivity index (χ1) is 10.3. The fourth-order valence-electron chi connectivity index (χ4n) is 2.70. The summed E-state index contributed by atoms with van der Waals surface area (Å²) in [6.45, 7) is 4.17. The fourth-order valence-corrected chi connectivity index (χ4v) is 2.70. The average Bonchev–Trinajstić information content (AvgIpc) is 2.71. The van der Waals surface area contributed by atoms with Crippen molar-refractivity contribution in [2.24, 2.45) is 0 Å². The molecular formula is C16H19FN4. The minimum absolute atomic E-state index is 0.365. The Morgan fingerprint density at radius 1 is 1.29 bits per heavy atom. The van der Waals surface area contributed by atoms with Crippen LogP contribution in [0.2, 0.25) is 0 Å². The van der Waals surface area contributed by atoms with E-state index in [1.165, 1.54) is 17.3 Å². The molecule has 0 aliphatic carbocycles. The zero-order chi connectivity index (χ0) is 14.7. The van der Waals surface area contributed by atoms with Gasteiger partial charge in [0.25, 0.3) is 0 Å². The molecule has 0 saturated heterocycles. The summed E-state index contributed by atoms with van der Waals surface area (Å²) in [4.78, 5) is 10.3. The van der Waals surface area contributed by atoms with Crippen molar-refractivity contribution >= 4 is 11.8 Å². The molecule has 0 fully saturated rings. The zero-order valence-electron chi connectivity index (χ0n) is 12.1. The van der Waals surface area contributed by atoms with Gasteiger partial charge in [-0.15, -0.1) is 0 Å². The number of anilines is 2. The van der Waals surface area contributed by atoms with Crippen LogP contribution in [0.4, 0.5) is 16.2 Å². The zero-order valence-corrected chi connectivity index (χ0v) is 12.1. The largest absolute Gasteiger partial charge is 0.354 e. The third-order valence-electron chi connectivity index (χ3n) is 3.71. The van der Waals surface area contributed by atoms with Crippen molar-refractivity contribution in [2.75, 3.05) is 23.3 Å². The van der Waals surface area contributed by atoms with Gasteiger partial charge in [-0.3, -0.25) is 0 Å². The van der Waals surface area contributed by atoms with Crippen LogP contribution in [0.3, 0.4) is 0 Å². The van der Waals surface area contributed by atoms with Gasteiger partial charge >= 0.3 is 0 Å². The molecule has 0 spiro atoms. The van der Waals surface area contributed by atoms with Crippen molar-refractivity contribution in [1.82, 2.24) is 9.97 Å². The maximum absolute atomic E-state index is 14.1. The molecule has 0 bridgehead atoms. The molecular weight excluding hydrogens is 267 g/mol. The predicted octanol–water partition coefficient (Wildman–Crippen LogP) is 3.00. The van der Waals surface area contributed by atoms with Crippen LogP contribution in [0.1, 0.15) is 24.5 Å². The Morgan fingerprint density at radius 2 is 2.10 bits per heavy atom. The summed E-state index contributed by atoms with van der Waals surface area (Å²) < 4.78 is 14.1. The number of benzene rings is 1. The average molecular weight is 286 g/mol. The number of halogens is 1. The van der Waals surface area contributed by atoms with E-state index in [9.17, 15) is 4.39 Å². The molecule has 2 heterocycles. The quantitative estimate of drug-likeness (QED) is 0.941. The third-order valence-corrected chi connectivity index (χ3v) is 3.71. The molecule has 0 atom stereocenters. The summed E-state index contributed by atoms with van der Waals surface area (Å²) in [5.41, 5.74) is 2.60. The molecule has 0 amide bonds. The molecule has 110 valence electrons. The first-order valence-corrected chi connectivity index (χ1v) is 7.36. The Hall–Kier alpha value is -2.17. The van der Waals surface area contributed by atoms with Crippen LogP contribution in [0.15, 0.2) is 30.5 Å². The first-order valence-electron chi connectivity index (χ1n) is 7.36. The number of nitrogens with zero attached hydrogens (tertiary/aromatic N) is 3. The highest BCUT2D eigenvalue weighted by molar-refractivity contribution is 5.46. The monoisotopic (exact) mass is 286 g/mol. The molecule has 0 unspecified atom stereocenters. The van der Waals surface area contributed by atoms with E-state index in [4.69, 9.17) is 0 Å². The number of hydrogen-bond acceptors (Lipinski definition) is 4. The van der Waals surface area contributed by atoms with Crippen LogP contribution < -0.4 is 10.2 Å². The molecule has 1 aliphatic rings. The lowest BCUT2D eigenvalue weighted by Gasteiger charge is -2.22. The molecule has 21 heavy (non-hydrogen) atoms. The first kappa shape index (κ1) is 13.8. The minimum Gasteiger partial charge on any atom is -0.354 e. The lowest BCUT2D eigenvalue weighted by molar-refractivity contribution is 0.599. The molecule has 1 N–H and O–H groups in total. The molecule has 2 aromatic rings. The van der Waals surface area contributed by atoms with Crippen LogP contribution in [0.25, 0.3) is 0 Å². The van der Waals surface area contributed by atoms with E-state index in [1.54, 1.807) is 0 Å². The molecule has 0 radical (unpaired) electrons. The third kappa shape index (κ3) is 2.96. The molecule has 1 aromatic heterocycles. The van der Waals surface area contributed by atoms with E-state index in [0.717, 1.165) is 19.4 Å². The second-order valence-corrected chi connectivity index (χ2v) is 5.19. The van der Waals surface area contributed by atoms with Crippen LogP contribution in [0.5, 0.6) is 0 Å². The van der Waals surface area contributed by atoms with E-state index in [2.05, 4.69) is 33.5 Å². The van der Waals surface area contributed by atoms with Crippen molar-refractivity contribution in [2.45, 2.75) is 26.3 Å².